The van der Waals surface area contributed by atoms with Gasteiger partial charge in [-0.25, -0.2) is 4.79 Å². The van der Waals surface area contributed by atoms with E-state index in [-0.39, 0.29) is 6.61 Å². The van der Waals surface area contributed by atoms with Gasteiger partial charge in [0.15, 0.2) is 6.61 Å². The Hall–Kier alpha value is -2.59. The smallest absolute Gasteiger partial charge is 0.349 e. The van der Waals surface area contributed by atoms with Gasteiger partial charge < -0.3 is 9.47 Å². The second-order valence-corrected chi connectivity index (χ2v) is 6.87. The van der Waals surface area contributed by atoms with Crippen molar-refractivity contribution in [3.05, 3.63) is 82.3 Å². The van der Waals surface area contributed by atoms with Crippen LogP contribution < -0.4 is 9.47 Å². The Bertz CT molecular complexity index is 920. The molecule has 0 aliphatic rings. The molecule has 3 aromatic carbocycles. The first-order chi connectivity index (χ1) is 12.5. The molecule has 0 aliphatic heterocycles. The first-order valence-electron chi connectivity index (χ1n) is 8.28. The predicted molar refractivity (Wildman–Crippen MR) is 107 cm³/mol. The summed E-state index contributed by atoms with van der Waals surface area (Å²) in [7, 11) is 0. The van der Waals surface area contributed by atoms with E-state index in [0.717, 1.165) is 21.2 Å². The van der Waals surface area contributed by atoms with Crippen LogP contribution in [0.2, 0.25) is 0 Å². The van der Waals surface area contributed by atoms with Crippen LogP contribution in [0.4, 0.5) is 0 Å². The molecule has 0 atom stereocenters. The normalized spacial score (nSPS) is 10.4. The van der Waals surface area contributed by atoms with Gasteiger partial charge in [0, 0.05) is 0 Å². The van der Waals surface area contributed by atoms with Crippen molar-refractivity contribution in [1.29, 1.82) is 0 Å². The first-order valence-corrected chi connectivity index (χ1v) is 9.08. The largest absolute Gasteiger partial charge is 0.482 e. The van der Waals surface area contributed by atoms with E-state index >= 15 is 0 Å². The van der Waals surface area contributed by atoms with Crippen LogP contribution in [0, 0.1) is 13.8 Å². The average molecular weight is 411 g/mol. The molecule has 0 aromatic heterocycles. The number of benzene rings is 3. The highest BCUT2D eigenvalue weighted by molar-refractivity contribution is 9.10. The van der Waals surface area contributed by atoms with E-state index in [0.29, 0.717) is 11.5 Å². The molecular weight excluding hydrogens is 392 g/mol. The number of hydrogen-bond acceptors (Lipinski definition) is 3. The van der Waals surface area contributed by atoms with Crippen LogP contribution >= 0.6 is 15.9 Å². The summed E-state index contributed by atoms with van der Waals surface area (Å²) in [5, 5.41) is 0. The number of carbonyl (C=O) groups excluding carboxylic acids is 1. The van der Waals surface area contributed by atoms with Gasteiger partial charge in [-0.3, -0.25) is 0 Å². The van der Waals surface area contributed by atoms with Gasteiger partial charge in [-0.1, -0.05) is 42.5 Å². The van der Waals surface area contributed by atoms with E-state index in [1.807, 2.05) is 74.5 Å². The number of rotatable bonds is 5. The maximum atomic E-state index is 12.1. The average Bonchev–Trinajstić information content (AvgIpc) is 2.65. The van der Waals surface area contributed by atoms with Gasteiger partial charge in [0.05, 0.1) is 4.47 Å². The Morgan fingerprint density at radius 2 is 1.65 bits per heavy atom. The zero-order chi connectivity index (χ0) is 18.5. The van der Waals surface area contributed by atoms with Crippen LogP contribution in [0.15, 0.2) is 71.2 Å². The molecule has 3 nitrogen and oxygen atoms in total. The fourth-order valence-electron chi connectivity index (χ4n) is 2.49. The molecule has 26 heavy (non-hydrogen) atoms. The Kier molecular flexibility index (Phi) is 5.74. The minimum absolute atomic E-state index is 0.143. The van der Waals surface area contributed by atoms with Crippen LogP contribution in [-0.4, -0.2) is 12.6 Å². The van der Waals surface area contributed by atoms with E-state index in [9.17, 15) is 4.79 Å². The maximum absolute atomic E-state index is 12.1. The van der Waals surface area contributed by atoms with Gasteiger partial charge in [-0.05, 0) is 76.3 Å². The van der Waals surface area contributed by atoms with Crippen LogP contribution in [0.25, 0.3) is 11.1 Å². The Morgan fingerprint density at radius 1 is 0.885 bits per heavy atom. The second kappa shape index (κ2) is 8.19. The summed E-state index contributed by atoms with van der Waals surface area (Å²) in [5.74, 6) is 0.679. The monoisotopic (exact) mass is 410 g/mol. The maximum Gasteiger partial charge on any atom is 0.349 e. The minimum atomic E-state index is -0.448. The molecule has 0 fully saturated rings. The molecule has 0 saturated carbocycles. The van der Waals surface area contributed by atoms with Crippen LogP contribution in [0.3, 0.4) is 0 Å². The summed E-state index contributed by atoms with van der Waals surface area (Å²) in [5.41, 5.74) is 4.45. The van der Waals surface area contributed by atoms with Gasteiger partial charge in [0.25, 0.3) is 0 Å². The third-order valence-electron chi connectivity index (χ3n) is 4.10. The van der Waals surface area contributed by atoms with Gasteiger partial charge in [-0.15, -0.1) is 0 Å². The fraction of sp³-hybridized carbons (Fsp3) is 0.136. The lowest BCUT2D eigenvalue weighted by molar-refractivity contribution is -0.136. The molecule has 3 aromatic rings. The van der Waals surface area contributed by atoms with Crippen molar-refractivity contribution in [2.24, 2.45) is 0 Å². The molecule has 0 radical (unpaired) electrons. The summed E-state index contributed by atoms with van der Waals surface area (Å²) in [6.45, 7) is 3.89. The van der Waals surface area contributed by atoms with Crippen LogP contribution in [0.1, 0.15) is 11.1 Å². The first kappa shape index (κ1) is 18.2. The molecule has 0 bridgehead atoms. The van der Waals surface area contributed by atoms with Gasteiger partial charge in [0.1, 0.15) is 11.5 Å². The summed E-state index contributed by atoms with van der Waals surface area (Å²) >= 11 is 3.47. The highest BCUT2D eigenvalue weighted by Crippen LogP contribution is 2.30. The Morgan fingerprint density at radius 3 is 2.35 bits per heavy atom. The molecule has 0 heterocycles. The molecule has 4 heteroatoms. The van der Waals surface area contributed by atoms with E-state index in [4.69, 9.17) is 9.47 Å². The van der Waals surface area contributed by atoms with E-state index in [1.54, 1.807) is 6.07 Å². The predicted octanol–water partition coefficient (Wildman–Crippen LogP) is 5.72. The van der Waals surface area contributed by atoms with Crippen LogP contribution in [-0.2, 0) is 4.79 Å². The van der Waals surface area contributed by atoms with Crippen molar-refractivity contribution < 1.29 is 14.3 Å². The third kappa shape index (κ3) is 4.52. The van der Waals surface area contributed by atoms with E-state index in [2.05, 4.69) is 15.9 Å². The van der Waals surface area contributed by atoms with Crippen LogP contribution in [0.5, 0.6) is 11.5 Å². The summed E-state index contributed by atoms with van der Waals surface area (Å²) in [6.07, 6.45) is 0. The van der Waals surface area contributed by atoms with Gasteiger partial charge in [-0.2, -0.15) is 0 Å². The molecule has 0 spiro atoms. The Balaban J connectivity index is 1.63. The zero-order valence-electron chi connectivity index (χ0n) is 14.7. The summed E-state index contributed by atoms with van der Waals surface area (Å²) in [6, 6.07) is 21.4. The lowest BCUT2D eigenvalue weighted by Crippen LogP contribution is -2.18. The third-order valence-corrected chi connectivity index (χ3v) is 4.72. The topological polar surface area (TPSA) is 35.5 Å². The van der Waals surface area contributed by atoms with Crippen molar-refractivity contribution in [1.82, 2.24) is 0 Å². The molecule has 0 amide bonds. The number of carbonyl (C=O) groups is 1. The molecule has 0 saturated heterocycles. The van der Waals surface area contributed by atoms with Gasteiger partial charge >= 0.3 is 5.97 Å². The van der Waals surface area contributed by atoms with E-state index < -0.39 is 5.97 Å². The lowest BCUT2D eigenvalue weighted by atomic mass is 10.1. The highest BCUT2D eigenvalue weighted by atomic mass is 79.9. The standard InChI is InChI=1S/C22H19BrO3/c1-15-8-10-19(12-16(15)2)25-14-22(24)26-21-11-9-18(13-20(21)23)17-6-4-3-5-7-17/h3-13H,14H2,1-2H3. The number of esters is 1. The van der Waals surface area contributed by atoms with E-state index in [1.165, 1.54) is 5.56 Å². The minimum Gasteiger partial charge on any atom is -0.482 e. The molecule has 0 unspecified atom stereocenters. The molecule has 3 rings (SSSR count). The van der Waals surface area contributed by atoms with Crippen molar-refractivity contribution >= 4 is 21.9 Å². The second-order valence-electron chi connectivity index (χ2n) is 6.02. The van der Waals surface area contributed by atoms with Crippen molar-refractivity contribution in [2.45, 2.75) is 13.8 Å². The summed E-state index contributed by atoms with van der Waals surface area (Å²) < 4.78 is 11.6. The summed E-state index contributed by atoms with van der Waals surface area (Å²) in [4.78, 5) is 12.1. The lowest BCUT2D eigenvalue weighted by Gasteiger charge is -2.10. The molecule has 0 aliphatic carbocycles. The number of halogens is 1. The number of ether oxygens (including phenoxy) is 2. The van der Waals surface area contributed by atoms with Crippen molar-refractivity contribution in [3.8, 4) is 22.6 Å². The fourth-order valence-corrected chi connectivity index (χ4v) is 2.95. The van der Waals surface area contributed by atoms with Crippen molar-refractivity contribution in [3.63, 3.8) is 0 Å². The molecular formula is C22H19BrO3. The highest BCUT2D eigenvalue weighted by Gasteiger charge is 2.11. The Labute approximate surface area is 161 Å². The molecule has 0 N–H and O–H groups in total. The SMILES string of the molecule is Cc1ccc(OCC(=O)Oc2ccc(-c3ccccc3)cc2Br)cc1C. The molecule has 132 valence electrons. The van der Waals surface area contributed by atoms with Gasteiger partial charge in [0.2, 0.25) is 0 Å². The zero-order valence-corrected chi connectivity index (χ0v) is 16.2. The number of hydrogen-bond donors (Lipinski definition) is 0. The number of aryl methyl sites for hydroxylation is 2. The quantitative estimate of drug-likeness (QED) is 0.398. The van der Waals surface area contributed by atoms with Crippen molar-refractivity contribution in [2.75, 3.05) is 6.61 Å².